The van der Waals surface area contributed by atoms with Crippen molar-refractivity contribution in [2.75, 3.05) is 5.32 Å². The van der Waals surface area contributed by atoms with Crippen molar-refractivity contribution in [1.82, 2.24) is 5.16 Å². The van der Waals surface area contributed by atoms with Crippen LogP contribution in [0.5, 0.6) is 5.75 Å². The maximum absolute atomic E-state index is 12.0. The third-order valence-electron chi connectivity index (χ3n) is 2.70. The number of carbonyl (C=O) groups is 2. The van der Waals surface area contributed by atoms with Gasteiger partial charge in [-0.2, -0.15) is 0 Å². The molecule has 0 aliphatic carbocycles. The van der Waals surface area contributed by atoms with Gasteiger partial charge in [-0.05, 0) is 26.0 Å². The molecule has 0 saturated heterocycles. The van der Waals surface area contributed by atoms with Gasteiger partial charge in [-0.1, -0.05) is 17.3 Å². The number of ether oxygens (including phenoxy) is 1. The molecular weight excluding hydrogens is 274 g/mol. The van der Waals surface area contributed by atoms with E-state index >= 15 is 0 Å². The molecule has 0 bridgehead atoms. The smallest absolute Gasteiger partial charge is 0.266 e. The van der Waals surface area contributed by atoms with Crippen LogP contribution in [0.1, 0.15) is 23.0 Å². The van der Waals surface area contributed by atoms with Gasteiger partial charge in [0, 0.05) is 6.07 Å². The van der Waals surface area contributed by atoms with E-state index in [9.17, 15) is 9.59 Å². The number of hydrogen-bond acceptors (Lipinski definition) is 5. The Hall–Kier alpha value is -2.83. The highest BCUT2D eigenvalue weighted by molar-refractivity contribution is 5.96. The van der Waals surface area contributed by atoms with Gasteiger partial charge in [-0.3, -0.25) is 9.59 Å². The molecule has 2 aromatic rings. The molecule has 0 saturated carbocycles. The summed E-state index contributed by atoms with van der Waals surface area (Å²) >= 11 is 0. The van der Waals surface area contributed by atoms with Gasteiger partial charge >= 0.3 is 0 Å². The maximum atomic E-state index is 12.0. The Bertz CT molecular complexity index is 666. The molecule has 0 radical (unpaired) electrons. The van der Waals surface area contributed by atoms with Crippen molar-refractivity contribution in [3.63, 3.8) is 0 Å². The summed E-state index contributed by atoms with van der Waals surface area (Å²) in [5, 5.41) is 6.20. The fourth-order valence-electron chi connectivity index (χ4n) is 1.67. The number of amides is 2. The molecule has 0 fully saturated rings. The summed E-state index contributed by atoms with van der Waals surface area (Å²) in [5.41, 5.74) is 5.47. The maximum Gasteiger partial charge on any atom is 0.266 e. The van der Waals surface area contributed by atoms with Gasteiger partial charge in [0.15, 0.2) is 11.9 Å². The van der Waals surface area contributed by atoms with Crippen LogP contribution in [0.2, 0.25) is 0 Å². The zero-order chi connectivity index (χ0) is 15.4. The number of aryl methyl sites for hydroxylation is 1. The molecule has 3 N–H and O–H groups in total. The van der Waals surface area contributed by atoms with Gasteiger partial charge in [0.25, 0.3) is 11.8 Å². The highest BCUT2D eigenvalue weighted by Crippen LogP contribution is 2.19. The van der Waals surface area contributed by atoms with E-state index in [1.807, 2.05) is 0 Å². The Morgan fingerprint density at radius 3 is 2.71 bits per heavy atom. The van der Waals surface area contributed by atoms with Gasteiger partial charge in [-0.25, -0.2) is 0 Å². The molecule has 1 heterocycles. The van der Waals surface area contributed by atoms with Crippen LogP contribution in [0.4, 0.5) is 5.82 Å². The van der Waals surface area contributed by atoms with Crippen LogP contribution < -0.4 is 15.8 Å². The van der Waals surface area contributed by atoms with E-state index in [-0.39, 0.29) is 11.3 Å². The number of aromatic nitrogens is 1. The molecule has 0 spiro atoms. The van der Waals surface area contributed by atoms with Crippen molar-refractivity contribution in [1.29, 1.82) is 0 Å². The number of nitrogens with two attached hydrogens (primary N) is 1. The number of benzene rings is 1. The Kier molecular flexibility index (Phi) is 4.22. The summed E-state index contributed by atoms with van der Waals surface area (Å²) in [6.07, 6.45) is -0.831. The third kappa shape index (κ3) is 3.59. The number of nitrogens with one attached hydrogen (secondary N) is 1. The summed E-state index contributed by atoms with van der Waals surface area (Å²) in [6.45, 7) is 3.27. The average molecular weight is 289 g/mol. The monoisotopic (exact) mass is 289 g/mol. The lowest BCUT2D eigenvalue weighted by Gasteiger charge is -2.15. The predicted octanol–water partition coefficient (Wildman–Crippen LogP) is 1.49. The Morgan fingerprint density at radius 2 is 2.10 bits per heavy atom. The van der Waals surface area contributed by atoms with E-state index in [1.54, 1.807) is 38.1 Å². The second-order valence-corrected chi connectivity index (χ2v) is 4.43. The average Bonchev–Trinajstić information content (AvgIpc) is 2.84. The summed E-state index contributed by atoms with van der Waals surface area (Å²) in [6, 6.07) is 8.04. The minimum atomic E-state index is -0.831. The largest absolute Gasteiger partial charge is 0.480 e. The van der Waals surface area contributed by atoms with Crippen molar-refractivity contribution in [2.45, 2.75) is 20.0 Å². The summed E-state index contributed by atoms with van der Waals surface area (Å²) in [4.78, 5) is 23.3. The lowest BCUT2D eigenvalue weighted by molar-refractivity contribution is -0.122. The third-order valence-corrected chi connectivity index (χ3v) is 2.70. The molecule has 2 rings (SSSR count). The van der Waals surface area contributed by atoms with Crippen LogP contribution in [-0.2, 0) is 4.79 Å². The number of primary amides is 1. The Balaban J connectivity index is 2.05. The lowest BCUT2D eigenvalue weighted by Crippen LogP contribution is -2.31. The number of para-hydroxylation sites is 1. The number of hydrogen-bond donors (Lipinski definition) is 2. The van der Waals surface area contributed by atoms with Crippen molar-refractivity contribution in [3.8, 4) is 5.75 Å². The number of nitrogens with zero attached hydrogens (tertiary/aromatic N) is 1. The van der Waals surface area contributed by atoms with Crippen LogP contribution in [0.15, 0.2) is 34.9 Å². The molecule has 0 unspecified atom stereocenters. The predicted molar refractivity (Wildman–Crippen MR) is 74.9 cm³/mol. The van der Waals surface area contributed by atoms with Crippen LogP contribution in [0, 0.1) is 6.92 Å². The molecule has 7 nitrogen and oxygen atoms in total. The SMILES string of the molecule is Cc1cc(NC(=O)[C@@H](C)Oc2ccccc2C(N)=O)no1. The second kappa shape index (κ2) is 6.08. The van der Waals surface area contributed by atoms with Crippen LogP contribution in [0.25, 0.3) is 0 Å². The molecule has 0 aliphatic heterocycles. The molecule has 2 amide bonds. The van der Waals surface area contributed by atoms with E-state index < -0.39 is 17.9 Å². The number of carbonyl (C=O) groups excluding carboxylic acids is 2. The molecule has 21 heavy (non-hydrogen) atoms. The van der Waals surface area contributed by atoms with Gasteiger partial charge in [0.05, 0.1) is 5.56 Å². The van der Waals surface area contributed by atoms with Crippen molar-refractivity contribution >= 4 is 17.6 Å². The fourth-order valence-corrected chi connectivity index (χ4v) is 1.67. The van der Waals surface area contributed by atoms with E-state index in [1.165, 1.54) is 6.07 Å². The highest BCUT2D eigenvalue weighted by atomic mass is 16.5. The standard InChI is InChI=1S/C14H15N3O4/c1-8-7-12(17-21-8)16-14(19)9(2)20-11-6-4-3-5-10(11)13(15)18/h3-7,9H,1-2H3,(H2,15,18)(H,16,17,19)/t9-/m1/s1. The minimum Gasteiger partial charge on any atom is -0.480 e. The van der Waals surface area contributed by atoms with Crippen molar-refractivity contribution in [2.24, 2.45) is 5.73 Å². The topological polar surface area (TPSA) is 107 Å². The molecule has 1 aromatic carbocycles. The first-order valence-electron chi connectivity index (χ1n) is 6.27. The van der Waals surface area contributed by atoms with Crippen molar-refractivity contribution < 1.29 is 18.8 Å². The Morgan fingerprint density at radius 1 is 1.38 bits per heavy atom. The second-order valence-electron chi connectivity index (χ2n) is 4.43. The molecular formula is C14H15N3O4. The van der Waals surface area contributed by atoms with E-state index in [0.29, 0.717) is 11.6 Å². The molecule has 7 heteroatoms. The number of anilines is 1. The zero-order valence-corrected chi connectivity index (χ0v) is 11.6. The van der Waals surface area contributed by atoms with Crippen LogP contribution >= 0.6 is 0 Å². The first kappa shape index (κ1) is 14.6. The quantitative estimate of drug-likeness (QED) is 0.867. The summed E-state index contributed by atoms with van der Waals surface area (Å²) in [5.74, 6) is 0.103. The first-order chi connectivity index (χ1) is 9.97. The van der Waals surface area contributed by atoms with E-state index in [0.717, 1.165) is 0 Å². The lowest BCUT2D eigenvalue weighted by atomic mass is 10.2. The van der Waals surface area contributed by atoms with Crippen LogP contribution in [0.3, 0.4) is 0 Å². The molecule has 1 atom stereocenters. The fraction of sp³-hybridized carbons (Fsp3) is 0.214. The van der Waals surface area contributed by atoms with Crippen LogP contribution in [-0.4, -0.2) is 23.1 Å². The molecule has 1 aromatic heterocycles. The van der Waals surface area contributed by atoms with E-state index in [4.69, 9.17) is 15.0 Å². The summed E-state index contributed by atoms with van der Waals surface area (Å²) < 4.78 is 10.3. The van der Waals surface area contributed by atoms with Crippen molar-refractivity contribution in [3.05, 3.63) is 41.7 Å². The van der Waals surface area contributed by atoms with Gasteiger partial charge in [0.2, 0.25) is 0 Å². The normalized spacial score (nSPS) is 11.7. The number of rotatable bonds is 5. The molecule has 0 aliphatic rings. The zero-order valence-electron chi connectivity index (χ0n) is 11.6. The van der Waals surface area contributed by atoms with Gasteiger partial charge in [0.1, 0.15) is 11.5 Å². The van der Waals surface area contributed by atoms with Gasteiger partial charge < -0.3 is 20.3 Å². The van der Waals surface area contributed by atoms with Gasteiger partial charge in [-0.15, -0.1) is 0 Å². The first-order valence-corrected chi connectivity index (χ1v) is 6.27. The minimum absolute atomic E-state index is 0.217. The highest BCUT2D eigenvalue weighted by Gasteiger charge is 2.18. The van der Waals surface area contributed by atoms with E-state index in [2.05, 4.69) is 10.5 Å². The molecule has 110 valence electrons. The summed E-state index contributed by atoms with van der Waals surface area (Å²) in [7, 11) is 0. The Labute approximate surface area is 121 Å².